The highest BCUT2D eigenvalue weighted by Crippen LogP contribution is 2.24. The average Bonchev–Trinajstić information content (AvgIpc) is 3.29. The van der Waals surface area contributed by atoms with E-state index in [0.717, 1.165) is 22.9 Å². The quantitative estimate of drug-likeness (QED) is 0.620. The molecule has 0 aliphatic heterocycles. The predicted molar refractivity (Wildman–Crippen MR) is 86.4 cm³/mol. The standard InChI is InChI=1S/C16H18BrNO4/c1-10(16(20)18-13-5-6-13)22-15(19)8-3-11-9-12(17)4-7-14(11)21-2/h3-4,7-10,13H,5-6H2,1-2H3,(H,18,20)/b8-3+/t10-/m1/s1. The van der Waals surface area contributed by atoms with Gasteiger partial charge in [0.1, 0.15) is 5.75 Å². The fourth-order valence-corrected chi connectivity index (χ4v) is 2.19. The maximum absolute atomic E-state index is 11.8. The predicted octanol–water partition coefficient (Wildman–Crippen LogP) is 2.68. The molecule has 1 N–H and O–H groups in total. The summed E-state index contributed by atoms with van der Waals surface area (Å²) in [5.41, 5.74) is 0.740. The van der Waals surface area contributed by atoms with E-state index < -0.39 is 12.1 Å². The van der Waals surface area contributed by atoms with E-state index in [1.807, 2.05) is 12.1 Å². The summed E-state index contributed by atoms with van der Waals surface area (Å²) in [6, 6.07) is 5.71. The Bertz CT molecular complexity index is 596. The molecular formula is C16H18BrNO4. The van der Waals surface area contributed by atoms with E-state index in [4.69, 9.17) is 9.47 Å². The molecule has 0 unspecified atom stereocenters. The Hall–Kier alpha value is -1.82. The molecule has 0 radical (unpaired) electrons. The van der Waals surface area contributed by atoms with Gasteiger partial charge in [-0.1, -0.05) is 15.9 Å². The summed E-state index contributed by atoms with van der Waals surface area (Å²) < 4.78 is 11.2. The monoisotopic (exact) mass is 367 g/mol. The Balaban J connectivity index is 1.93. The van der Waals surface area contributed by atoms with Gasteiger partial charge in [0.05, 0.1) is 7.11 Å². The summed E-state index contributed by atoms with van der Waals surface area (Å²) in [6.07, 6.45) is 4.06. The molecule has 1 fully saturated rings. The van der Waals surface area contributed by atoms with E-state index in [2.05, 4.69) is 21.2 Å². The summed E-state index contributed by atoms with van der Waals surface area (Å²) in [6.45, 7) is 1.56. The average molecular weight is 368 g/mol. The van der Waals surface area contributed by atoms with E-state index in [-0.39, 0.29) is 11.9 Å². The lowest BCUT2D eigenvalue weighted by Gasteiger charge is -2.11. The van der Waals surface area contributed by atoms with Crippen LogP contribution >= 0.6 is 15.9 Å². The fourth-order valence-electron chi connectivity index (χ4n) is 1.81. The van der Waals surface area contributed by atoms with E-state index in [9.17, 15) is 9.59 Å². The largest absolute Gasteiger partial charge is 0.496 e. The molecular weight excluding hydrogens is 350 g/mol. The number of esters is 1. The normalized spacial score (nSPS) is 15.4. The number of amides is 1. The summed E-state index contributed by atoms with van der Waals surface area (Å²) in [5, 5.41) is 2.79. The molecule has 1 aromatic carbocycles. The van der Waals surface area contributed by atoms with Crippen molar-refractivity contribution >= 4 is 33.9 Å². The molecule has 118 valence electrons. The third-order valence-corrected chi connectivity index (χ3v) is 3.67. The molecule has 6 heteroatoms. The molecule has 1 aromatic rings. The number of carbonyl (C=O) groups is 2. The number of rotatable bonds is 6. The Morgan fingerprint density at radius 2 is 2.14 bits per heavy atom. The van der Waals surface area contributed by atoms with E-state index in [1.165, 1.54) is 6.08 Å². The van der Waals surface area contributed by atoms with Crippen molar-refractivity contribution < 1.29 is 19.1 Å². The second-order valence-electron chi connectivity index (χ2n) is 5.08. The smallest absolute Gasteiger partial charge is 0.331 e. The molecule has 1 aliphatic carbocycles. The second-order valence-corrected chi connectivity index (χ2v) is 6.00. The van der Waals surface area contributed by atoms with Crippen LogP contribution in [-0.2, 0) is 14.3 Å². The number of hydrogen-bond acceptors (Lipinski definition) is 4. The summed E-state index contributed by atoms with van der Waals surface area (Å²) in [7, 11) is 1.56. The van der Waals surface area contributed by atoms with Crippen molar-refractivity contribution in [3.8, 4) is 5.75 Å². The molecule has 1 saturated carbocycles. The number of carbonyl (C=O) groups excluding carboxylic acids is 2. The lowest BCUT2D eigenvalue weighted by molar-refractivity contribution is -0.150. The zero-order valence-electron chi connectivity index (χ0n) is 12.5. The van der Waals surface area contributed by atoms with Gasteiger partial charge in [0.2, 0.25) is 0 Å². The van der Waals surface area contributed by atoms with Gasteiger partial charge < -0.3 is 14.8 Å². The van der Waals surface area contributed by atoms with Gasteiger partial charge in [-0.25, -0.2) is 4.79 Å². The highest BCUT2D eigenvalue weighted by atomic mass is 79.9. The number of ether oxygens (including phenoxy) is 2. The van der Waals surface area contributed by atoms with Crippen molar-refractivity contribution in [2.45, 2.75) is 31.9 Å². The van der Waals surface area contributed by atoms with Gasteiger partial charge in [0, 0.05) is 22.2 Å². The van der Waals surface area contributed by atoms with Crippen LogP contribution in [0.25, 0.3) is 6.08 Å². The van der Waals surface area contributed by atoms with Gasteiger partial charge in [-0.05, 0) is 44.0 Å². The zero-order chi connectivity index (χ0) is 16.1. The molecule has 1 aliphatic rings. The van der Waals surface area contributed by atoms with E-state index in [0.29, 0.717) is 5.75 Å². The van der Waals surface area contributed by atoms with Gasteiger partial charge in [-0.2, -0.15) is 0 Å². The van der Waals surface area contributed by atoms with Gasteiger partial charge in [-0.15, -0.1) is 0 Å². The van der Waals surface area contributed by atoms with Crippen molar-refractivity contribution in [1.29, 1.82) is 0 Å². The number of halogens is 1. The van der Waals surface area contributed by atoms with Crippen molar-refractivity contribution in [1.82, 2.24) is 5.32 Å². The number of hydrogen-bond donors (Lipinski definition) is 1. The van der Waals surface area contributed by atoms with Crippen LogP contribution in [0.15, 0.2) is 28.7 Å². The van der Waals surface area contributed by atoms with Crippen LogP contribution < -0.4 is 10.1 Å². The molecule has 0 aromatic heterocycles. The van der Waals surface area contributed by atoms with Gasteiger partial charge in [0.15, 0.2) is 6.10 Å². The first kappa shape index (κ1) is 16.5. The van der Waals surface area contributed by atoms with Crippen LogP contribution in [0, 0.1) is 0 Å². The first-order chi connectivity index (χ1) is 10.5. The lowest BCUT2D eigenvalue weighted by Crippen LogP contribution is -2.36. The molecule has 0 saturated heterocycles. The molecule has 1 amide bonds. The second kappa shape index (κ2) is 7.45. The van der Waals surface area contributed by atoms with Gasteiger partial charge >= 0.3 is 5.97 Å². The van der Waals surface area contributed by atoms with Crippen LogP contribution in [0.2, 0.25) is 0 Å². The van der Waals surface area contributed by atoms with Crippen LogP contribution in [0.3, 0.4) is 0 Å². The van der Waals surface area contributed by atoms with Crippen LogP contribution in [-0.4, -0.2) is 31.1 Å². The van der Waals surface area contributed by atoms with Gasteiger partial charge in [-0.3, -0.25) is 4.79 Å². The van der Waals surface area contributed by atoms with Crippen LogP contribution in [0.4, 0.5) is 0 Å². The number of methoxy groups -OCH3 is 1. The van der Waals surface area contributed by atoms with E-state index >= 15 is 0 Å². The third-order valence-electron chi connectivity index (χ3n) is 3.18. The maximum Gasteiger partial charge on any atom is 0.331 e. The lowest BCUT2D eigenvalue weighted by atomic mass is 10.2. The topological polar surface area (TPSA) is 64.6 Å². The molecule has 0 heterocycles. The first-order valence-electron chi connectivity index (χ1n) is 7.02. The Morgan fingerprint density at radius 1 is 1.41 bits per heavy atom. The first-order valence-corrected chi connectivity index (χ1v) is 7.81. The van der Waals surface area contributed by atoms with Crippen LogP contribution in [0.5, 0.6) is 5.75 Å². The van der Waals surface area contributed by atoms with E-state index in [1.54, 1.807) is 26.2 Å². The Morgan fingerprint density at radius 3 is 2.77 bits per heavy atom. The molecule has 1 atom stereocenters. The summed E-state index contributed by atoms with van der Waals surface area (Å²) in [4.78, 5) is 23.5. The summed E-state index contributed by atoms with van der Waals surface area (Å²) in [5.74, 6) is -0.184. The maximum atomic E-state index is 11.8. The Kier molecular flexibility index (Phi) is 5.60. The molecule has 5 nitrogen and oxygen atoms in total. The van der Waals surface area contributed by atoms with Crippen molar-refractivity contribution in [2.75, 3.05) is 7.11 Å². The van der Waals surface area contributed by atoms with Gasteiger partial charge in [0.25, 0.3) is 5.91 Å². The zero-order valence-corrected chi connectivity index (χ0v) is 14.1. The molecule has 0 spiro atoms. The van der Waals surface area contributed by atoms with Crippen molar-refractivity contribution in [3.05, 3.63) is 34.3 Å². The molecule has 22 heavy (non-hydrogen) atoms. The minimum atomic E-state index is -0.804. The minimum Gasteiger partial charge on any atom is -0.496 e. The highest BCUT2D eigenvalue weighted by Gasteiger charge is 2.26. The highest BCUT2D eigenvalue weighted by molar-refractivity contribution is 9.10. The minimum absolute atomic E-state index is 0.245. The Labute approximate surface area is 137 Å². The fraction of sp³-hybridized carbons (Fsp3) is 0.375. The summed E-state index contributed by atoms with van der Waals surface area (Å²) >= 11 is 3.36. The molecule has 0 bridgehead atoms. The van der Waals surface area contributed by atoms with Crippen molar-refractivity contribution in [2.24, 2.45) is 0 Å². The van der Waals surface area contributed by atoms with Crippen LogP contribution in [0.1, 0.15) is 25.3 Å². The van der Waals surface area contributed by atoms with Crippen molar-refractivity contribution in [3.63, 3.8) is 0 Å². The number of benzene rings is 1. The molecule has 2 rings (SSSR count). The number of nitrogens with one attached hydrogen (secondary N) is 1. The SMILES string of the molecule is COc1ccc(Br)cc1/C=C/C(=O)O[C@H](C)C(=O)NC1CC1. The third kappa shape index (κ3) is 4.87.